The number of ether oxygens (including phenoxy) is 1. The molecule has 3 rings (SSSR count). The molecule has 4 nitrogen and oxygen atoms in total. The molecule has 0 saturated carbocycles. The predicted octanol–water partition coefficient (Wildman–Crippen LogP) is 5.75. The van der Waals surface area contributed by atoms with Crippen molar-refractivity contribution in [3.05, 3.63) is 94.3 Å². The highest BCUT2D eigenvalue weighted by Gasteiger charge is 2.34. The number of carbonyl (C=O) groups excluding carboxylic acids is 2. The monoisotopic (exact) mass is 451 g/mol. The molecule has 3 aromatic rings. The fraction of sp³-hybridized carbons (Fsp3) is 0.0909. The van der Waals surface area contributed by atoms with Gasteiger partial charge in [-0.15, -0.1) is 0 Å². The Kier molecular flexibility index (Phi) is 6.60. The molecule has 0 aliphatic rings. The van der Waals surface area contributed by atoms with Gasteiger partial charge in [0.1, 0.15) is 11.6 Å². The van der Waals surface area contributed by atoms with Gasteiger partial charge in [-0.05, 0) is 60.7 Å². The second-order valence-corrected chi connectivity index (χ2v) is 6.76. The summed E-state index contributed by atoms with van der Waals surface area (Å²) in [6, 6.07) is 14.0. The Hall–Kier alpha value is -3.39. The molecule has 1 amide bonds. The molecule has 9 heteroatoms. The molecule has 0 atom stereocenters. The summed E-state index contributed by atoms with van der Waals surface area (Å²) < 4.78 is 57.5. The Bertz CT molecular complexity index is 1100. The van der Waals surface area contributed by atoms with Gasteiger partial charge in [-0.25, -0.2) is 4.39 Å². The number of hydrogen-bond donors (Lipinski definition) is 1. The summed E-state index contributed by atoms with van der Waals surface area (Å²) in [5.41, 5.74) is -1.01. The zero-order valence-electron chi connectivity index (χ0n) is 15.7. The van der Waals surface area contributed by atoms with E-state index in [4.69, 9.17) is 16.3 Å². The molecule has 0 aromatic heterocycles. The highest BCUT2D eigenvalue weighted by molar-refractivity contribution is 6.34. The highest BCUT2D eigenvalue weighted by Crippen LogP contribution is 2.38. The number of alkyl halides is 3. The van der Waals surface area contributed by atoms with Crippen LogP contribution in [0, 0.1) is 5.82 Å². The number of benzene rings is 3. The SMILES string of the molecule is O=C(COc1ccc(C(=O)c2ccc(F)cc2)cc1)Nc1c(Cl)cccc1C(F)(F)F. The normalized spacial score (nSPS) is 11.1. The van der Waals surface area contributed by atoms with E-state index in [1.54, 1.807) is 0 Å². The van der Waals surface area contributed by atoms with E-state index in [0.717, 1.165) is 12.1 Å². The largest absolute Gasteiger partial charge is 0.484 e. The summed E-state index contributed by atoms with van der Waals surface area (Å²) in [5.74, 6) is -1.41. The highest BCUT2D eigenvalue weighted by atomic mass is 35.5. The second-order valence-electron chi connectivity index (χ2n) is 6.36. The number of ketones is 1. The number of amides is 1. The van der Waals surface area contributed by atoms with Gasteiger partial charge in [-0.3, -0.25) is 9.59 Å². The molecular formula is C22H14ClF4NO3. The molecule has 0 saturated heterocycles. The molecule has 0 aliphatic carbocycles. The molecule has 0 aliphatic heterocycles. The number of rotatable bonds is 6. The number of hydrogen-bond acceptors (Lipinski definition) is 3. The Morgan fingerprint density at radius 1 is 0.903 bits per heavy atom. The first kappa shape index (κ1) is 22.3. The fourth-order valence-corrected chi connectivity index (χ4v) is 2.90. The molecule has 0 spiro atoms. The van der Waals surface area contributed by atoms with Crippen molar-refractivity contribution in [2.24, 2.45) is 0 Å². The Labute approximate surface area is 179 Å². The van der Waals surface area contributed by atoms with Crippen molar-refractivity contribution in [2.45, 2.75) is 6.18 Å². The summed E-state index contributed by atoms with van der Waals surface area (Å²) in [5, 5.41) is 1.85. The fourth-order valence-electron chi connectivity index (χ4n) is 2.68. The first-order valence-corrected chi connectivity index (χ1v) is 9.21. The smallest absolute Gasteiger partial charge is 0.418 e. The van der Waals surface area contributed by atoms with Crippen LogP contribution in [0.25, 0.3) is 0 Å². The molecular weight excluding hydrogens is 438 g/mol. The van der Waals surface area contributed by atoms with Crippen LogP contribution in [-0.2, 0) is 11.0 Å². The zero-order chi connectivity index (χ0) is 22.6. The molecule has 1 N–H and O–H groups in total. The van der Waals surface area contributed by atoms with E-state index in [2.05, 4.69) is 5.32 Å². The van der Waals surface area contributed by atoms with Crippen molar-refractivity contribution in [3.63, 3.8) is 0 Å². The van der Waals surface area contributed by atoms with Gasteiger partial charge in [0.05, 0.1) is 16.3 Å². The summed E-state index contributed by atoms with van der Waals surface area (Å²) >= 11 is 5.79. The Morgan fingerprint density at radius 3 is 2.06 bits per heavy atom. The van der Waals surface area contributed by atoms with Crippen molar-refractivity contribution in [2.75, 3.05) is 11.9 Å². The van der Waals surface area contributed by atoms with Crippen LogP contribution < -0.4 is 10.1 Å². The molecule has 160 valence electrons. The van der Waals surface area contributed by atoms with Crippen LogP contribution in [0.4, 0.5) is 23.2 Å². The summed E-state index contributed by atoms with van der Waals surface area (Å²) in [4.78, 5) is 24.4. The molecule has 0 bridgehead atoms. The third kappa shape index (κ3) is 5.61. The van der Waals surface area contributed by atoms with Crippen LogP contribution in [0.2, 0.25) is 5.02 Å². The third-order valence-corrected chi connectivity index (χ3v) is 4.49. The maximum atomic E-state index is 13.1. The topological polar surface area (TPSA) is 55.4 Å². The third-order valence-electron chi connectivity index (χ3n) is 4.18. The molecule has 0 fully saturated rings. The van der Waals surface area contributed by atoms with Crippen LogP contribution in [0.5, 0.6) is 5.75 Å². The van der Waals surface area contributed by atoms with Gasteiger partial charge in [0.2, 0.25) is 0 Å². The predicted molar refractivity (Wildman–Crippen MR) is 107 cm³/mol. The summed E-state index contributed by atoms with van der Waals surface area (Å²) in [6.07, 6.45) is -4.69. The lowest BCUT2D eigenvalue weighted by molar-refractivity contribution is -0.137. The molecule has 0 unspecified atom stereocenters. The summed E-state index contributed by atoms with van der Waals surface area (Å²) in [6.45, 7) is -0.576. The standard InChI is InChI=1S/C22H14ClF4NO3/c23-18-3-1-2-17(22(25,26)27)20(18)28-19(29)12-31-16-10-6-14(7-11-16)21(30)13-4-8-15(24)9-5-13/h1-11H,12H2,(H,28,29). The van der Waals surface area contributed by atoms with Gasteiger partial charge in [-0.2, -0.15) is 13.2 Å². The molecule has 0 heterocycles. The number of nitrogens with one attached hydrogen (secondary N) is 1. The van der Waals surface area contributed by atoms with Gasteiger partial charge in [0.25, 0.3) is 5.91 Å². The van der Waals surface area contributed by atoms with E-state index < -0.39 is 35.8 Å². The van der Waals surface area contributed by atoms with Gasteiger partial charge in [0, 0.05) is 11.1 Å². The van der Waals surface area contributed by atoms with E-state index >= 15 is 0 Å². The number of halogens is 5. The van der Waals surface area contributed by atoms with Gasteiger partial charge in [0.15, 0.2) is 12.4 Å². The van der Waals surface area contributed by atoms with Crippen LogP contribution >= 0.6 is 11.6 Å². The van der Waals surface area contributed by atoms with Gasteiger partial charge in [-0.1, -0.05) is 17.7 Å². The minimum Gasteiger partial charge on any atom is -0.484 e. The number of carbonyl (C=O) groups is 2. The second kappa shape index (κ2) is 9.18. The Balaban J connectivity index is 1.63. The minimum absolute atomic E-state index is 0.223. The van der Waals surface area contributed by atoms with E-state index in [0.29, 0.717) is 11.1 Å². The van der Waals surface area contributed by atoms with Gasteiger partial charge < -0.3 is 10.1 Å². The van der Waals surface area contributed by atoms with E-state index in [1.807, 2.05) is 0 Å². The van der Waals surface area contributed by atoms with Crippen molar-refractivity contribution in [1.29, 1.82) is 0 Å². The molecule has 3 aromatic carbocycles. The average molecular weight is 452 g/mol. The minimum atomic E-state index is -4.69. The lowest BCUT2D eigenvalue weighted by Gasteiger charge is -2.15. The van der Waals surface area contributed by atoms with Crippen molar-refractivity contribution in [1.82, 2.24) is 0 Å². The first-order chi connectivity index (χ1) is 14.6. The van der Waals surface area contributed by atoms with E-state index in [9.17, 15) is 27.2 Å². The van der Waals surface area contributed by atoms with Crippen LogP contribution in [0.15, 0.2) is 66.7 Å². The van der Waals surface area contributed by atoms with E-state index in [-0.39, 0.29) is 16.6 Å². The zero-order valence-corrected chi connectivity index (χ0v) is 16.4. The van der Waals surface area contributed by atoms with Crippen molar-refractivity contribution >= 4 is 29.0 Å². The van der Waals surface area contributed by atoms with Crippen LogP contribution in [0.1, 0.15) is 21.5 Å². The number of para-hydroxylation sites is 1. The van der Waals surface area contributed by atoms with E-state index in [1.165, 1.54) is 54.6 Å². The number of anilines is 1. The maximum Gasteiger partial charge on any atom is 0.418 e. The molecule has 0 radical (unpaired) electrons. The average Bonchev–Trinajstić information content (AvgIpc) is 2.73. The molecule has 31 heavy (non-hydrogen) atoms. The van der Waals surface area contributed by atoms with Crippen molar-refractivity contribution < 1.29 is 31.9 Å². The van der Waals surface area contributed by atoms with Crippen LogP contribution in [-0.4, -0.2) is 18.3 Å². The van der Waals surface area contributed by atoms with Crippen molar-refractivity contribution in [3.8, 4) is 5.75 Å². The maximum absolute atomic E-state index is 13.1. The Morgan fingerprint density at radius 2 is 1.48 bits per heavy atom. The lowest BCUT2D eigenvalue weighted by atomic mass is 10.0. The van der Waals surface area contributed by atoms with Crippen LogP contribution in [0.3, 0.4) is 0 Å². The van der Waals surface area contributed by atoms with Gasteiger partial charge >= 0.3 is 6.18 Å². The first-order valence-electron chi connectivity index (χ1n) is 8.84. The quantitative estimate of drug-likeness (QED) is 0.384. The summed E-state index contributed by atoms with van der Waals surface area (Å²) in [7, 11) is 0. The lowest BCUT2D eigenvalue weighted by Crippen LogP contribution is -2.22.